The van der Waals surface area contributed by atoms with Gasteiger partial charge in [0, 0.05) is 0 Å². The first-order valence-electron chi connectivity index (χ1n) is 7.80. The standard InChI is InChI=1S/C19H20O5/c1-3-22-18(20)15-7-5-14(6-8-15)13-24-17-11-9-16(10-12-17)19(21)23-4-2/h5-12H,3-4,13H2,1-2H3. The number of ether oxygens (including phenoxy) is 3. The molecule has 2 aromatic rings. The van der Waals surface area contributed by atoms with Crippen LogP contribution in [0.4, 0.5) is 0 Å². The molecule has 2 rings (SSSR count). The van der Waals surface area contributed by atoms with Crippen LogP contribution in [0.25, 0.3) is 0 Å². The second-order valence-electron chi connectivity index (χ2n) is 4.95. The molecule has 5 heteroatoms. The average molecular weight is 328 g/mol. The van der Waals surface area contributed by atoms with Gasteiger partial charge in [-0.2, -0.15) is 0 Å². The van der Waals surface area contributed by atoms with E-state index in [4.69, 9.17) is 14.2 Å². The van der Waals surface area contributed by atoms with Crippen LogP contribution in [0.5, 0.6) is 5.75 Å². The fourth-order valence-corrected chi connectivity index (χ4v) is 2.02. The number of carbonyl (C=O) groups excluding carboxylic acids is 2. The van der Waals surface area contributed by atoms with Crippen LogP contribution >= 0.6 is 0 Å². The lowest BCUT2D eigenvalue weighted by Crippen LogP contribution is -2.05. The minimum Gasteiger partial charge on any atom is -0.489 e. The summed E-state index contributed by atoms with van der Waals surface area (Å²) in [4.78, 5) is 23.1. The molecule has 0 amide bonds. The van der Waals surface area contributed by atoms with E-state index in [-0.39, 0.29) is 11.9 Å². The predicted octanol–water partition coefficient (Wildman–Crippen LogP) is 3.62. The van der Waals surface area contributed by atoms with E-state index in [1.807, 2.05) is 12.1 Å². The van der Waals surface area contributed by atoms with E-state index in [2.05, 4.69) is 0 Å². The highest BCUT2D eigenvalue weighted by Gasteiger charge is 2.07. The Morgan fingerprint density at radius 3 is 1.67 bits per heavy atom. The van der Waals surface area contributed by atoms with Crippen molar-refractivity contribution in [2.75, 3.05) is 13.2 Å². The van der Waals surface area contributed by atoms with E-state index in [9.17, 15) is 9.59 Å². The summed E-state index contributed by atoms with van der Waals surface area (Å²) in [6.45, 7) is 4.60. The van der Waals surface area contributed by atoms with Gasteiger partial charge in [0.15, 0.2) is 0 Å². The molecular weight excluding hydrogens is 308 g/mol. The fourth-order valence-electron chi connectivity index (χ4n) is 2.02. The van der Waals surface area contributed by atoms with Gasteiger partial charge in [-0.25, -0.2) is 9.59 Å². The molecule has 0 aliphatic carbocycles. The van der Waals surface area contributed by atoms with Crippen molar-refractivity contribution in [3.8, 4) is 5.75 Å². The van der Waals surface area contributed by atoms with Crippen LogP contribution in [0, 0.1) is 0 Å². The van der Waals surface area contributed by atoms with Gasteiger partial charge in [-0.1, -0.05) is 12.1 Å². The van der Waals surface area contributed by atoms with Crippen molar-refractivity contribution in [1.82, 2.24) is 0 Å². The molecule has 0 bridgehead atoms. The van der Waals surface area contributed by atoms with Gasteiger partial charge >= 0.3 is 11.9 Å². The minimum atomic E-state index is -0.349. The minimum absolute atomic E-state index is 0.334. The van der Waals surface area contributed by atoms with Crippen LogP contribution in [0.15, 0.2) is 48.5 Å². The molecule has 0 radical (unpaired) electrons. The first kappa shape index (κ1) is 17.5. The van der Waals surface area contributed by atoms with Crippen molar-refractivity contribution in [2.24, 2.45) is 0 Å². The van der Waals surface area contributed by atoms with Gasteiger partial charge in [0.1, 0.15) is 12.4 Å². The summed E-state index contributed by atoms with van der Waals surface area (Å²) in [6, 6.07) is 13.8. The van der Waals surface area contributed by atoms with Crippen molar-refractivity contribution in [3.05, 3.63) is 65.2 Å². The van der Waals surface area contributed by atoms with Crippen LogP contribution < -0.4 is 4.74 Å². The normalized spacial score (nSPS) is 10.1. The number of benzene rings is 2. The molecular formula is C19H20O5. The zero-order valence-electron chi connectivity index (χ0n) is 13.8. The molecule has 0 heterocycles. The Morgan fingerprint density at radius 1 is 0.750 bits per heavy atom. The number of hydrogen-bond acceptors (Lipinski definition) is 5. The van der Waals surface area contributed by atoms with E-state index in [0.29, 0.717) is 36.7 Å². The van der Waals surface area contributed by atoms with Crippen LogP contribution in [0.1, 0.15) is 40.1 Å². The van der Waals surface area contributed by atoms with Gasteiger partial charge in [0.05, 0.1) is 24.3 Å². The Labute approximate surface area is 141 Å². The second kappa shape index (κ2) is 8.72. The maximum atomic E-state index is 11.6. The predicted molar refractivity (Wildman–Crippen MR) is 89.1 cm³/mol. The topological polar surface area (TPSA) is 61.8 Å². The van der Waals surface area contributed by atoms with Crippen LogP contribution in [-0.2, 0) is 16.1 Å². The van der Waals surface area contributed by atoms with E-state index in [0.717, 1.165) is 5.56 Å². The quantitative estimate of drug-likeness (QED) is 0.727. The summed E-state index contributed by atoms with van der Waals surface area (Å²) >= 11 is 0. The van der Waals surface area contributed by atoms with Gasteiger partial charge in [0.2, 0.25) is 0 Å². The molecule has 0 aromatic heterocycles. The Balaban J connectivity index is 1.91. The smallest absolute Gasteiger partial charge is 0.338 e. The lowest BCUT2D eigenvalue weighted by atomic mass is 10.1. The highest BCUT2D eigenvalue weighted by molar-refractivity contribution is 5.89. The molecule has 0 fully saturated rings. The van der Waals surface area contributed by atoms with Crippen molar-refractivity contribution in [2.45, 2.75) is 20.5 Å². The summed E-state index contributed by atoms with van der Waals surface area (Å²) in [6.07, 6.45) is 0. The Morgan fingerprint density at radius 2 is 1.21 bits per heavy atom. The first-order chi connectivity index (χ1) is 11.6. The zero-order chi connectivity index (χ0) is 17.4. The van der Waals surface area contributed by atoms with Gasteiger partial charge in [-0.05, 0) is 55.8 Å². The summed E-state index contributed by atoms with van der Waals surface area (Å²) in [5, 5.41) is 0. The van der Waals surface area contributed by atoms with Gasteiger partial charge in [-0.15, -0.1) is 0 Å². The molecule has 0 aliphatic rings. The van der Waals surface area contributed by atoms with Gasteiger partial charge < -0.3 is 14.2 Å². The fraction of sp³-hybridized carbons (Fsp3) is 0.263. The Hall–Kier alpha value is -2.82. The average Bonchev–Trinajstić information content (AvgIpc) is 2.61. The van der Waals surface area contributed by atoms with Crippen LogP contribution in [0.2, 0.25) is 0 Å². The van der Waals surface area contributed by atoms with Crippen LogP contribution in [0.3, 0.4) is 0 Å². The van der Waals surface area contributed by atoms with Gasteiger partial charge in [-0.3, -0.25) is 0 Å². The molecule has 0 aliphatic heterocycles. The zero-order valence-corrected chi connectivity index (χ0v) is 13.8. The largest absolute Gasteiger partial charge is 0.489 e. The van der Waals surface area contributed by atoms with Crippen molar-refractivity contribution in [3.63, 3.8) is 0 Å². The lowest BCUT2D eigenvalue weighted by molar-refractivity contribution is 0.0516. The highest BCUT2D eigenvalue weighted by Crippen LogP contribution is 2.15. The third-order valence-corrected chi connectivity index (χ3v) is 3.24. The van der Waals surface area contributed by atoms with E-state index >= 15 is 0 Å². The number of hydrogen-bond donors (Lipinski definition) is 0. The maximum Gasteiger partial charge on any atom is 0.338 e. The molecule has 0 saturated heterocycles. The molecule has 0 unspecified atom stereocenters. The molecule has 0 saturated carbocycles. The van der Waals surface area contributed by atoms with Crippen molar-refractivity contribution >= 4 is 11.9 Å². The third kappa shape index (κ3) is 4.84. The van der Waals surface area contributed by atoms with Crippen molar-refractivity contribution in [1.29, 1.82) is 0 Å². The monoisotopic (exact) mass is 328 g/mol. The molecule has 126 valence electrons. The maximum absolute atomic E-state index is 11.6. The van der Waals surface area contributed by atoms with Crippen molar-refractivity contribution < 1.29 is 23.8 Å². The third-order valence-electron chi connectivity index (χ3n) is 3.24. The van der Waals surface area contributed by atoms with E-state index in [1.54, 1.807) is 50.2 Å². The summed E-state index contributed by atoms with van der Waals surface area (Å²) < 4.78 is 15.5. The first-order valence-corrected chi connectivity index (χ1v) is 7.80. The Bertz CT molecular complexity index is 612. The number of esters is 2. The SMILES string of the molecule is CCOC(=O)c1ccc(COc2ccc(C(=O)OCC)cc2)cc1. The molecule has 0 atom stereocenters. The molecule has 0 N–H and O–H groups in total. The van der Waals surface area contributed by atoms with E-state index in [1.165, 1.54) is 0 Å². The summed E-state index contributed by atoms with van der Waals surface area (Å²) in [5.74, 6) is -0.0318. The number of rotatable bonds is 7. The van der Waals surface area contributed by atoms with E-state index < -0.39 is 0 Å². The summed E-state index contributed by atoms with van der Waals surface area (Å²) in [7, 11) is 0. The molecule has 24 heavy (non-hydrogen) atoms. The van der Waals surface area contributed by atoms with Crippen LogP contribution in [-0.4, -0.2) is 25.2 Å². The summed E-state index contributed by atoms with van der Waals surface area (Å²) in [5.41, 5.74) is 1.93. The second-order valence-corrected chi connectivity index (χ2v) is 4.95. The Kier molecular flexibility index (Phi) is 6.37. The lowest BCUT2D eigenvalue weighted by Gasteiger charge is -2.08. The molecule has 5 nitrogen and oxygen atoms in total. The molecule has 0 spiro atoms. The number of carbonyl (C=O) groups is 2. The highest BCUT2D eigenvalue weighted by atomic mass is 16.5. The van der Waals surface area contributed by atoms with Gasteiger partial charge in [0.25, 0.3) is 0 Å². The molecule has 2 aromatic carbocycles.